The number of hydrogen-bond donors (Lipinski definition) is 1. The predicted molar refractivity (Wildman–Crippen MR) is 75.2 cm³/mol. The first-order chi connectivity index (χ1) is 8.65. The number of carbonyl (C=O) groups is 1. The Kier molecular flexibility index (Phi) is 4.16. The van der Waals surface area contributed by atoms with Crippen LogP contribution in [0.2, 0.25) is 0 Å². The zero-order valence-corrected chi connectivity index (χ0v) is 12.0. The predicted octanol–water partition coefficient (Wildman–Crippen LogP) is 1.04. The van der Waals surface area contributed by atoms with Crippen LogP contribution >= 0.6 is 12.4 Å². The first kappa shape index (κ1) is 14.3. The van der Waals surface area contributed by atoms with Crippen molar-refractivity contribution in [2.45, 2.75) is 25.3 Å². The van der Waals surface area contributed by atoms with Crippen molar-refractivity contribution in [1.29, 1.82) is 0 Å². The zero-order valence-electron chi connectivity index (χ0n) is 11.2. The summed E-state index contributed by atoms with van der Waals surface area (Å²) in [7, 11) is 1.88. The number of carbonyl (C=O) groups excluding carboxylic acids is 1. The number of imidazole rings is 1. The van der Waals surface area contributed by atoms with Gasteiger partial charge in [-0.25, -0.2) is 4.98 Å². The van der Waals surface area contributed by atoms with Gasteiger partial charge in [-0.15, -0.1) is 12.4 Å². The topological polar surface area (TPSA) is 64.2 Å². The van der Waals surface area contributed by atoms with Crippen molar-refractivity contribution in [3.05, 3.63) is 18.2 Å². The van der Waals surface area contributed by atoms with Crippen LogP contribution in [-0.4, -0.2) is 39.5 Å². The molecule has 6 heteroatoms. The van der Waals surface area contributed by atoms with Gasteiger partial charge in [0.1, 0.15) is 5.69 Å². The minimum Gasteiger partial charge on any atom is -0.340 e. The van der Waals surface area contributed by atoms with Gasteiger partial charge < -0.3 is 15.2 Å². The van der Waals surface area contributed by atoms with Gasteiger partial charge in [-0.1, -0.05) is 6.42 Å². The van der Waals surface area contributed by atoms with Crippen LogP contribution in [0.25, 0.3) is 0 Å². The molecule has 1 aliphatic heterocycles. The second kappa shape index (κ2) is 5.51. The molecule has 2 N–H and O–H groups in total. The third-order valence-electron chi connectivity index (χ3n) is 4.37. The molecule has 0 radical (unpaired) electrons. The highest BCUT2D eigenvalue weighted by atomic mass is 35.5. The molecule has 1 aromatic rings. The summed E-state index contributed by atoms with van der Waals surface area (Å²) in [6.07, 6.45) is 6.97. The molecule has 0 spiro atoms. The molecule has 19 heavy (non-hydrogen) atoms. The maximum atomic E-state index is 12.3. The molecule has 1 aromatic heterocycles. The first-order valence-corrected chi connectivity index (χ1v) is 6.68. The van der Waals surface area contributed by atoms with Crippen LogP contribution in [0.3, 0.4) is 0 Å². The summed E-state index contributed by atoms with van der Waals surface area (Å²) in [6.45, 7) is 1.66. The summed E-state index contributed by atoms with van der Waals surface area (Å²) in [5.41, 5.74) is 6.71. The third-order valence-corrected chi connectivity index (χ3v) is 4.37. The van der Waals surface area contributed by atoms with Gasteiger partial charge >= 0.3 is 0 Å². The van der Waals surface area contributed by atoms with Crippen molar-refractivity contribution >= 4 is 18.3 Å². The molecule has 1 amide bonds. The fraction of sp³-hybridized carbons (Fsp3) is 0.692. The molecular weight excluding hydrogens is 264 g/mol. The summed E-state index contributed by atoms with van der Waals surface area (Å²) < 4.78 is 1.81. The van der Waals surface area contributed by atoms with Crippen LogP contribution in [0, 0.1) is 11.8 Å². The van der Waals surface area contributed by atoms with Crippen LogP contribution in [0.1, 0.15) is 29.8 Å². The molecule has 2 fully saturated rings. The molecule has 0 aromatic carbocycles. The number of rotatable bonds is 1. The van der Waals surface area contributed by atoms with Crippen LogP contribution in [0.5, 0.6) is 0 Å². The minimum atomic E-state index is 0. The van der Waals surface area contributed by atoms with Crippen LogP contribution < -0.4 is 5.73 Å². The quantitative estimate of drug-likeness (QED) is 0.838. The maximum Gasteiger partial charge on any atom is 0.274 e. The van der Waals surface area contributed by atoms with Crippen molar-refractivity contribution in [3.8, 4) is 0 Å². The van der Waals surface area contributed by atoms with E-state index in [4.69, 9.17) is 5.73 Å². The molecule has 1 saturated heterocycles. The van der Waals surface area contributed by atoms with E-state index in [1.165, 1.54) is 12.8 Å². The molecular formula is C13H21ClN4O. The van der Waals surface area contributed by atoms with Gasteiger partial charge in [0.2, 0.25) is 0 Å². The lowest BCUT2D eigenvalue weighted by Gasteiger charge is -2.29. The van der Waals surface area contributed by atoms with Gasteiger partial charge in [-0.3, -0.25) is 4.79 Å². The van der Waals surface area contributed by atoms with E-state index < -0.39 is 0 Å². The van der Waals surface area contributed by atoms with Crippen LogP contribution in [0.15, 0.2) is 12.5 Å². The summed E-state index contributed by atoms with van der Waals surface area (Å²) in [4.78, 5) is 18.4. The van der Waals surface area contributed by atoms with Crippen molar-refractivity contribution in [1.82, 2.24) is 14.5 Å². The second-order valence-electron chi connectivity index (χ2n) is 5.65. The van der Waals surface area contributed by atoms with Gasteiger partial charge in [-0.05, 0) is 24.7 Å². The molecule has 3 rings (SSSR count). The summed E-state index contributed by atoms with van der Waals surface area (Å²) in [6, 6.07) is 0.269. The number of hydrogen-bond acceptors (Lipinski definition) is 3. The van der Waals surface area contributed by atoms with Crippen molar-refractivity contribution in [2.24, 2.45) is 24.6 Å². The highest BCUT2D eigenvalue weighted by Crippen LogP contribution is 2.35. The summed E-state index contributed by atoms with van der Waals surface area (Å²) >= 11 is 0. The lowest BCUT2D eigenvalue weighted by molar-refractivity contribution is 0.0778. The Labute approximate surface area is 119 Å². The van der Waals surface area contributed by atoms with Crippen molar-refractivity contribution < 1.29 is 4.79 Å². The molecule has 5 nitrogen and oxygen atoms in total. The van der Waals surface area contributed by atoms with Crippen LogP contribution in [0.4, 0.5) is 0 Å². The number of amides is 1. The lowest BCUT2D eigenvalue weighted by atomic mass is 9.78. The van der Waals surface area contributed by atoms with Crippen LogP contribution in [-0.2, 0) is 7.05 Å². The van der Waals surface area contributed by atoms with Crippen molar-refractivity contribution in [2.75, 3.05) is 13.1 Å². The summed E-state index contributed by atoms with van der Waals surface area (Å²) in [5, 5.41) is 0. The largest absolute Gasteiger partial charge is 0.340 e. The van der Waals surface area contributed by atoms with E-state index in [1.54, 1.807) is 12.5 Å². The highest BCUT2D eigenvalue weighted by molar-refractivity contribution is 5.92. The van der Waals surface area contributed by atoms with E-state index in [1.807, 2.05) is 16.5 Å². The Morgan fingerprint density at radius 3 is 2.84 bits per heavy atom. The zero-order chi connectivity index (χ0) is 12.7. The normalized spacial score (nSPS) is 29.8. The minimum absolute atomic E-state index is 0. The molecule has 2 heterocycles. The fourth-order valence-corrected chi connectivity index (χ4v) is 3.37. The van der Waals surface area contributed by atoms with Crippen molar-refractivity contribution in [3.63, 3.8) is 0 Å². The number of aromatic nitrogens is 2. The average Bonchev–Trinajstić information content (AvgIpc) is 2.95. The number of halogens is 1. The Morgan fingerprint density at radius 2 is 2.21 bits per heavy atom. The van der Waals surface area contributed by atoms with Gasteiger partial charge in [0.05, 0.1) is 6.33 Å². The number of fused-ring (bicyclic) bond motifs is 1. The fourth-order valence-electron chi connectivity index (χ4n) is 3.37. The number of aryl methyl sites for hydroxylation is 1. The van der Waals surface area contributed by atoms with Gasteiger partial charge in [0, 0.05) is 32.4 Å². The SMILES string of the molecule is Cl.Cn1cnc(C(=O)N2CC3CCCC(N)C3C2)c1. The molecule has 0 bridgehead atoms. The Balaban J connectivity index is 0.00000133. The van der Waals surface area contributed by atoms with Gasteiger partial charge in [0.15, 0.2) is 0 Å². The standard InChI is InChI=1S/C13H20N4O.ClH/c1-16-7-12(15-8-16)13(18)17-5-9-3-2-4-11(14)10(9)6-17;/h7-11H,2-6,14H2,1H3;1H. The van der Waals surface area contributed by atoms with E-state index in [9.17, 15) is 4.79 Å². The number of nitrogens with two attached hydrogens (primary N) is 1. The molecule has 1 saturated carbocycles. The van der Waals surface area contributed by atoms with E-state index >= 15 is 0 Å². The highest BCUT2D eigenvalue weighted by Gasteiger charge is 2.40. The van der Waals surface area contributed by atoms with E-state index in [0.29, 0.717) is 17.5 Å². The van der Waals surface area contributed by atoms with Gasteiger partial charge in [-0.2, -0.15) is 0 Å². The Morgan fingerprint density at radius 1 is 1.42 bits per heavy atom. The number of nitrogens with zero attached hydrogens (tertiary/aromatic N) is 3. The second-order valence-corrected chi connectivity index (χ2v) is 5.65. The molecule has 106 valence electrons. The monoisotopic (exact) mass is 284 g/mol. The Bertz CT molecular complexity index is 461. The summed E-state index contributed by atoms with van der Waals surface area (Å²) in [5.74, 6) is 1.14. The first-order valence-electron chi connectivity index (χ1n) is 6.68. The van der Waals surface area contributed by atoms with E-state index in [2.05, 4.69) is 4.98 Å². The number of likely N-dealkylation sites (tertiary alicyclic amines) is 1. The molecule has 1 aliphatic carbocycles. The lowest BCUT2D eigenvalue weighted by Crippen LogP contribution is -2.38. The van der Waals surface area contributed by atoms with Gasteiger partial charge in [0.25, 0.3) is 5.91 Å². The third kappa shape index (κ3) is 2.62. The van der Waals surface area contributed by atoms with E-state index in [0.717, 1.165) is 19.5 Å². The molecule has 2 aliphatic rings. The molecule has 3 unspecified atom stereocenters. The Hall–Kier alpha value is -1.07. The van der Waals surface area contributed by atoms with E-state index in [-0.39, 0.29) is 24.4 Å². The maximum absolute atomic E-state index is 12.3. The average molecular weight is 285 g/mol. The smallest absolute Gasteiger partial charge is 0.274 e. The molecule has 3 atom stereocenters.